The van der Waals surface area contributed by atoms with Gasteiger partial charge < -0.3 is 4.90 Å². The molecular weight excluding hydrogens is 250 g/mol. The molecule has 0 amide bonds. The highest BCUT2D eigenvalue weighted by Crippen LogP contribution is 2.38. The molecule has 0 spiro atoms. The lowest BCUT2D eigenvalue weighted by molar-refractivity contribution is 0.0761. The summed E-state index contributed by atoms with van der Waals surface area (Å²) in [6.07, 6.45) is 8.17. The zero-order valence-electron chi connectivity index (χ0n) is 11.7. The molecule has 2 fully saturated rings. The molecule has 4 rings (SSSR count). The molecule has 0 aliphatic carbocycles. The Labute approximate surface area is 118 Å². The largest absolute Gasteiger partial charge is 0.300 e. The zero-order chi connectivity index (χ0) is 13.7. The van der Waals surface area contributed by atoms with Crippen LogP contribution in [0.25, 0.3) is 5.65 Å². The predicted octanol–water partition coefficient (Wildman–Crippen LogP) is 2.39. The van der Waals surface area contributed by atoms with Crippen molar-refractivity contribution in [3.05, 3.63) is 36.3 Å². The van der Waals surface area contributed by atoms with Crippen LogP contribution in [0.2, 0.25) is 0 Å². The van der Waals surface area contributed by atoms with Crippen molar-refractivity contribution in [1.82, 2.24) is 14.3 Å². The number of aromatic nitrogens is 2. The molecule has 2 aromatic heterocycles. The molecular formula is C16H19N3O. The van der Waals surface area contributed by atoms with E-state index >= 15 is 0 Å². The lowest BCUT2D eigenvalue weighted by atomic mass is 9.86. The van der Waals surface area contributed by atoms with Gasteiger partial charge in [0, 0.05) is 24.2 Å². The molecule has 0 N–H and O–H groups in total. The van der Waals surface area contributed by atoms with Crippen LogP contribution in [0.15, 0.2) is 30.6 Å². The lowest BCUT2D eigenvalue weighted by Gasteiger charge is -2.35. The Morgan fingerprint density at radius 3 is 2.75 bits per heavy atom. The van der Waals surface area contributed by atoms with Gasteiger partial charge in [-0.25, -0.2) is 4.98 Å². The molecule has 4 heteroatoms. The minimum Gasteiger partial charge on any atom is -0.300 e. The van der Waals surface area contributed by atoms with Crippen LogP contribution in [0, 0.1) is 5.92 Å². The Kier molecular flexibility index (Phi) is 2.67. The number of hydrogen-bond acceptors (Lipinski definition) is 3. The fourth-order valence-electron chi connectivity index (χ4n) is 3.95. The van der Waals surface area contributed by atoms with Gasteiger partial charge in [0.05, 0.1) is 6.20 Å². The summed E-state index contributed by atoms with van der Waals surface area (Å²) in [5.41, 5.74) is 1.60. The predicted molar refractivity (Wildman–Crippen MR) is 76.8 cm³/mol. The van der Waals surface area contributed by atoms with E-state index in [-0.39, 0.29) is 11.7 Å². The summed E-state index contributed by atoms with van der Waals surface area (Å²) in [6.45, 7) is 0. The maximum absolute atomic E-state index is 12.8. The molecule has 0 aromatic carbocycles. The standard InChI is InChI=1S/C16H19N3O/c1-18-12-5-6-13(18)9-11(8-12)16(20)14-10-17-15-4-2-3-7-19(14)15/h2-4,7,10-13H,5-6,8-9H2,1H3. The molecule has 2 saturated heterocycles. The molecule has 2 unspecified atom stereocenters. The second-order valence-corrected chi connectivity index (χ2v) is 6.16. The van der Waals surface area contributed by atoms with E-state index in [4.69, 9.17) is 0 Å². The Morgan fingerprint density at radius 1 is 1.25 bits per heavy atom. The van der Waals surface area contributed by atoms with Crippen molar-refractivity contribution in [2.45, 2.75) is 37.8 Å². The van der Waals surface area contributed by atoms with Crippen molar-refractivity contribution < 1.29 is 4.79 Å². The number of imidazole rings is 1. The second-order valence-electron chi connectivity index (χ2n) is 6.16. The van der Waals surface area contributed by atoms with Crippen molar-refractivity contribution in [3.63, 3.8) is 0 Å². The van der Waals surface area contributed by atoms with Crippen LogP contribution in [-0.4, -0.2) is 39.2 Å². The number of piperidine rings is 1. The first-order chi connectivity index (χ1) is 9.74. The minimum atomic E-state index is 0.170. The van der Waals surface area contributed by atoms with Crippen LogP contribution in [0.1, 0.15) is 36.2 Å². The van der Waals surface area contributed by atoms with Crippen molar-refractivity contribution in [2.24, 2.45) is 5.92 Å². The highest BCUT2D eigenvalue weighted by atomic mass is 16.1. The molecule has 4 nitrogen and oxygen atoms in total. The lowest BCUT2D eigenvalue weighted by Crippen LogP contribution is -2.42. The SMILES string of the molecule is CN1C2CCC1CC(C(=O)c1cnc3ccccn13)C2. The first-order valence-electron chi connectivity index (χ1n) is 7.42. The summed E-state index contributed by atoms with van der Waals surface area (Å²) in [4.78, 5) is 19.6. The van der Waals surface area contributed by atoms with Gasteiger partial charge in [0.1, 0.15) is 11.3 Å². The smallest absolute Gasteiger partial charge is 0.184 e. The molecule has 104 valence electrons. The number of carbonyl (C=O) groups excluding carboxylic acids is 1. The monoisotopic (exact) mass is 269 g/mol. The number of ketones is 1. The normalized spacial score (nSPS) is 29.9. The van der Waals surface area contributed by atoms with Crippen molar-refractivity contribution in [1.29, 1.82) is 0 Å². The van der Waals surface area contributed by atoms with Gasteiger partial charge in [-0.3, -0.25) is 9.20 Å². The summed E-state index contributed by atoms with van der Waals surface area (Å²) in [5.74, 6) is 0.442. The Balaban J connectivity index is 1.65. The number of carbonyl (C=O) groups is 1. The number of hydrogen-bond donors (Lipinski definition) is 0. The van der Waals surface area contributed by atoms with Gasteiger partial charge in [-0.05, 0) is 44.9 Å². The maximum Gasteiger partial charge on any atom is 0.184 e. The van der Waals surface area contributed by atoms with Crippen molar-refractivity contribution in [2.75, 3.05) is 7.05 Å². The topological polar surface area (TPSA) is 37.6 Å². The quantitative estimate of drug-likeness (QED) is 0.786. The first-order valence-corrected chi connectivity index (χ1v) is 7.42. The molecule has 2 aliphatic rings. The van der Waals surface area contributed by atoms with Gasteiger partial charge >= 0.3 is 0 Å². The minimum absolute atomic E-state index is 0.170. The molecule has 2 atom stereocenters. The fourth-order valence-corrected chi connectivity index (χ4v) is 3.95. The van der Waals surface area contributed by atoms with Gasteiger partial charge in [0.15, 0.2) is 5.78 Å². The average Bonchev–Trinajstić information content (AvgIpc) is 2.95. The number of Topliss-reactive ketones (excluding diaryl/α,β-unsaturated/α-hetero) is 1. The van der Waals surface area contributed by atoms with Crippen LogP contribution in [0.3, 0.4) is 0 Å². The second kappa shape index (κ2) is 4.42. The third kappa shape index (κ3) is 1.71. The molecule has 0 radical (unpaired) electrons. The van der Waals surface area contributed by atoms with Crippen molar-refractivity contribution >= 4 is 11.4 Å². The van der Waals surface area contributed by atoms with E-state index in [0.717, 1.165) is 24.2 Å². The highest BCUT2D eigenvalue weighted by Gasteiger charge is 2.41. The van der Waals surface area contributed by atoms with E-state index < -0.39 is 0 Å². The third-order valence-electron chi connectivity index (χ3n) is 5.14. The number of pyridine rings is 1. The summed E-state index contributed by atoms with van der Waals surface area (Å²) >= 11 is 0. The van der Waals surface area contributed by atoms with Crippen LogP contribution in [-0.2, 0) is 0 Å². The Morgan fingerprint density at radius 2 is 2.00 bits per heavy atom. The summed E-state index contributed by atoms with van der Waals surface area (Å²) in [7, 11) is 2.21. The van der Waals surface area contributed by atoms with E-state index in [0.29, 0.717) is 12.1 Å². The summed E-state index contributed by atoms with van der Waals surface area (Å²) in [5, 5.41) is 0. The van der Waals surface area contributed by atoms with E-state index in [1.54, 1.807) is 6.20 Å². The molecule has 0 saturated carbocycles. The molecule has 20 heavy (non-hydrogen) atoms. The van der Waals surface area contributed by atoms with E-state index in [9.17, 15) is 4.79 Å². The molecule has 2 aromatic rings. The van der Waals surface area contributed by atoms with Crippen LogP contribution < -0.4 is 0 Å². The summed E-state index contributed by atoms with van der Waals surface area (Å²) < 4.78 is 1.92. The molecule has 2 bridgehead atoms. The van der Waals surface area contributed by atoms with E-state index in [1.807, 2.05) is 28.8 Å². The third-order valence-corrected chi connectivity index (χ3v) is 5.14. The van der Waals surface area contributed by atoms with Gasteiger partial charge in [-0.2, -0.15) is 0 Å². The van der Waals surface area contributed by atoms with E-state index in [2.05, 4.69) is 16.9 Å². The van der Waals surface area contributed by atoms with Crippen molar-refractivity contribution in [3.8, 4) is 0 Å². The number of fused-ring (bicyclic) bond motifs is 3. The highest BCUT2D eigenvalue weighted by molar-refractivity contribution is 5.97. The van der Waals surface area contributed by atoms with Gasteiger partial charge in [-0.15, -0.1) is 0 Å². The number of nitrogens with zero attached hydrogens (tertiary/aromatic N) is 3. The zero-order valence-corrected chi connectivity index (χ0v) is 11.7. The molecule has 4 heterocycles. The van der Waals surface area contributed by atoms with Gasteiger partial charge in [0.25, 0.3) is 0 Å². The Hall–Kier alpha value is -1.68. The van der Waals surface area contributed by atoms with Crippen LogP contribution >= 0.6 is 0 Å². The Bertz CT molecular complexity index is 649. The maximum atomic E-state index is 12.8. The molecule has 2 aliphatic heterocycles. The number of rotatable bonds is 2. The van der Waals surface area contributed by atoms with Gasteiger partial charge in [-0.1, -0.05) is 6.07 Å². The fraction of sp³-hybridized carbons (Fsp3) is 0.500. The van der Waals surface area contributed by atoms with Crippen LogP contribution in [0.4, 0.5) is 0 Å². The first kappa shape index (κ1) is 12.1. The van der Waals surface area contributed by atoms with Gasteiger partial charge in [0.2, 0.25) is 0 Å². The average molecular weight is 269 g/mol. The van der Waals surface area contributed by atoms with E-state index in [1.165, 1.54) is 12.8 Å². The van der Waals surface area contributed by atoms with Crippen LogP contribution in [0.5, 0.6) is 0 Å². The summed E-state index contributed by atoms with van der Waals surface area (Å²) in [6, 6.07) is 7.04.